The lowest BCUT2D eigenvalue weighted by Gasteiger charge is -2.21. The van der Waals surface area contributed by atoms with Crippen LogP contribution in [-0.2, 0) is 9.53 Å². The number of nitrogens with zero attached hydrogens (tertiary/aromatic N) is 3. The molecule has 1 saturated carbocycles. The minimum Gasteiger partial charge on any atom is -0.465 e. The summed E-state index contributed by atoms with van der Waals surface area (Å²) in [5, 5.41) is 7.30. The lowest BCUT2D eigenvalue weighted by Crippen LogP contribution is -2.38. The Labute approximate surface area is 105 Å². The lowest BCUT2D eigenvalue weighted by atomic mass is 10.2. The van der Waals surface area contributed by atoms with E-state index in [0.29, 0.717) is 12.2 Å². The quantitative estimate of drug-likeness (QED) is 0.716. The number of ether oxygens (including phenoxy) is 1. The van der Waals surface area contributed by atoms with Crippen molar-refractivity contribution in [1.82, 2.24) is 15.1 Å². The highest BCUT2D eigenvalue weighted by molar-refractivity contribution is 5.96. The predicted octanol–water partition coefficient (Wildman–Crippen LogP) is 0.644. The van der Waals surface area contributed by atoms with E-state index in [9.17, 15) is 9.59 Å². The summed E-state index contributed by atoms with van der Waals surface area (Å²) in [4.78, 5) is 25.2. The van der Waals surface area contributed by atoms with Crippen LogP contribution in [0.3, 0.4) is 0 Å². The Morgan fingerprint density at radius 2 is 2.22 bits per heavy atom. The third-order valence-electron chi connectivity index (χ3n) is 2.68. The van der Waals surface area contributed by atoms with Crippen molar-refractivity contribution in [2.45, 2.75) is 25.8 Å². The Bertz CT molecular complexity index is 431. The summed E-state index contributed by atoms with van der Waals surface area (Å²) < 4.78 is 4.88. The van der Waals surface area contributed by atoms with Crippen molar-refractivity contribution in [3.63, 3.8) is 0 Å². The lowest BCUT2D eigenvalue weighted by molar-refractivity contribution is -0.144. The first-order valence-electron chi connectivity index (χ1n) is 5.95. The van der Waals surface area contributed by atoms with E-state index in [4.69, 9.17) is 4.74 Å². The van der Waals surface area contributed by atoms with Crippen molar-refractivity contribution in [3.05, 3.63) is 24.0 Å². The van der Waals surface area contributed by atoms with Gasteiger partial charge in [-0.05, 0) is 25.8 Å². The van der Waals surface area contributed by atoms with Gasteiger partial charge in [0.25, 0.3) is 5.91 Å². The van der Waals surface area contributed by atoms with Crippen molar-refractivity contribution in [1.29, 1.82) is 0 Å². The van der Waals surface area contributed by atoms with E-state index in [0.717, 1.165) is 12.8 Å². The molecule has 1 aromatic heterocycles. The van der Waals surface area contributed by atoms with Gasteiger partial charge in [0, 0.05) is 6.04 Å². The minimum atomic E-state index is -0.375. The average Bonchev–Trinajstić information content (AvgIpc) is 3.21. The average molecular weight is 249 g/mol. The van der Waals surface area contributed by atoms with E-state index in [2.05, 4.69) is 10.2 Å². The third kappa shape index (κ3) is 3.03. The highest BCUT2D eigenvalue weighted by Gasteiger charge is 2.34. The minimum absolute atomic E-state index is 0.000334. The van der Waals surface area contributed by atoms with Crippen LogP contribution in [0, 0.1) is 0 Å². The molecule has 1 aromatic rings. The second-order valence-electron chi connectivity index (χ2n) is 4.10. The molecule has 1 amide bonds. The molecule has 96 valence electrons. The van der Waals surface area contributed by atoms with Crippen LogP contribution in [0.15, 0.2) is 18.5 Å². The summed E-state index contributed by atoms with van der Waals surface area (Å²) in [6.07, 6.45) is 4.73. The fraction of sp³-hybridized carbons (Fsp3) is 0.500. The van der Waals surface area contributed by atoms with E-state index in [-0.39, 0.29) is 24.5 Å². The van der Waals surface area contributed by atoms with Crippen LogP contribution in [0.4, 0.5) is 0 Å². The fourth-order valence-electron chi connectivity index (χ4n) is 1.68. The van der Waals surface area contributed by atoms with E-state index in [1.165, 1.54) is 12.4 Å². The molecule has 0 aromatic carbocycles. The van der Waals surface area contributed by atoms with Gasteiger partial charge in [-0.15, -0.1) is 0 Å². The maximum absolute atomic E-state index is 12.2. The van der Waals surface area contributed by atoms with Crippen LogP contribution in [0.1, 0.15) is 30.1 Å². The number of hydrogen-bond donors (Lipinski definition) is 0. The Morgan fingerprint density at radius 3 is 2.78 bits per heavy atom. The Hall–Kier alpha value is -1.98. The third-order valence-corrected chi connectivity index (χ3v) is 2.68. The summed E-state index contributed by atoms with van der Waals surface area (Å²) >= 11 is 0. The van der Waals surface area contributed by atoms with Crippen LogP contribution in [0.25, 0.3) is 0 Å². The number of aromatic nitrogens is 2. The molecule has 18 heavy (non-hydrogen) atoms. The van der Waals surface area contributed by atoms with Gasteiger partial charge in [-0.1, -0.05) is 0 Å². The maximum atomic E-state index is 12.2. The first kappa shape index (κ1) is 12.5. The zero-order valence-corrected chi connectivity index (χ0v) is 10.2. The summed E-state index contributed by atoms with van der Waals surface area (Å²) in [5.74, 6) is -0.569. The monoisotopic (exact) mass is 249 g/mol. The maximum Gasteiger partial charge on any atom is 0.325 e. The largest absolute Gasteiger partial charge is 0.465 e. The highest BCUT2D eigenvalue weighted by atomic mass is 16.5. The number of rotatable bonds is 5. The molecule has 1 fully saturated rings. The smallest absolute Gasteiger partial charge is 0.325 e. The van der Waals surface area contributed by atoms with Gasteiger partial charge in [0.05, 0.1) is 24.6 Å². The molecule has 0 saturated heterocycles. The molecular formula is C12H15N3O3. The first-order valence-corrected chi connectivity index (χ1v) is 5.95. The molecule has 0 radical (unpaired) electrons. The summed E-state index contributed by atoms with van der Waals surface area (Å²) in [6, 6.07) is 1.74. The van der Waals surface area contributed by atoms with Crippen LogP contribution in [0.2, 0.25) is 0 Å². The highest BCUT2D eigenvalue weighted by Crippen LogP contribution is 2.27. The van der Waals surface area contributed by atoms with E-state index in [1.807, 2.05) is 0 Å². The zero-order valence-electron chi connectivity index (χ0n) is 10.2. The van der Waals surface area contributed by atoms with Gasteiger partial charge >= 0.3 is 5.97 Å². The van der Waals surface area contributed by atoms with Crippen molar-refractivity contribution in [3.8, 4) is 0 Å². The Morgan fingerprint density at radius 1 is 1.44 bits per heavy atom. The molecule has 0 N–H and O–H groups in total. The van der Waals surface area contributed by atoms with Crippen LogP contribution in [-0.4, -0.2) is 46.2 Å². The van der Waals surface area contributed by atoms with Crippen molar-refractivity contribution in [2.24, 2.45) is 0 Å². The van der Waals surface area contributed by atoms with Gasteiger partial charge < -0.3 is 9.64 Å². The molecule has 6 heteroatoms. The van der Waals surface area contributed by atoms with Gasteiger partial charge in [-0.3, -0.25) is 9.59 Å². The normalized spacial score (nSPS) is 14.1. The zero-order chi connectivity index (χ0) is 13.0. The number of hydrogen-bond acceptors (Lipinski definition) is 5. The number of carbonyl (C=O) groups is 2. The van der Waals surface area contributed by atoms with E-state index >= 15 is 0 Å². The van der Waals surface area contributed by atoms with Gasteiger partial charge in [-0.25, -0.2) is 0 Å². The number of esters is 1. The molecule has 1 aliphatic rings. The van der Waals surface area contributed by atoms with E-state index < -0.39 is 0 Å². The molecule has 0 aliphatic heterocycles. The standard InChI is InChI=1S/C12H15N3O3/c1-2-18-11(16)8-15(10-3-4-10)12(17)9-5-6-13-14-7-9/h5-7,10H,2-4,8H2,1H3. The van der Waals surface area contributed by atoms with Gasteiger partial charge in [0.2, 0.25) is 0 Å². The van der Waals surface area contributed by atoms with Crippen molar-refractivity contribution >= 4 is 11.9 Å². The molecule has 0 unspecified atom stereocenters. The second kappa shape index (κ2) is 5.57. The van der Waals surface area contributed by atoms with Crippen LogP contribution in [0.5, 0.6) is 0 Å². The number of carbonyl (C=O) groups excluding carboxylic acids is 2. The first-order chi connectivity index (χ1) is 8.72. The molecule has 1 aliphatic carbocycles. The molecule has 0 bridgehead atoms. The van der Waals surface area contributed by atoms with Gasteiger partial charge in [0.1, 0.15) is 6.54 Å². The molecular weight excluding hydrogens is 234 g/mol. The second-order valence-corrected chi connectivity index (χ2v) is 4.10. The SMILES string of the molecule is CCOC(=O)CN(C(=O)c1ccnnc1)C1CC1. The fourth-order valence-corrected chi connectivity index (χ4v) is 1.68. The van der Waals surface area contributed by atoms with E-state index in [1.54, 1.807) is 17.9 Å². The Balaban J connectivity index is 2.06. The molecule has 2 rings (SSSR count). The number of amides is 1. The van der Waals surface area contributed by atoms with Crippen LogP contribution < -0.4 is 0 Å². The predicted molar refractivity (Wildman–Crippen MR) is 62.7 cm³/mol. The van der Waals surface area contributed by atoms with Gasteiger partial charge in [0.15, 0.2) is 0 Å². The summed E-state index contributed by atoms with van der Waals surface area (Å²) in [7, 11) is 0. The van der Waals surface area contributed by atoms with Crippen LogP contribution >= 0.6 is 0 Å². The van der Waals surface area contributed by atoms with Crippen molar-refractivity contribution in [2.75, 3.05) is 13.2 Å². The molecule has 1 heterocycles. The molecule has 0 spiro atoms. The van der Waals surface area contributed by atoms with Crippen molar-refractivity contribution < 1.29 is 14.3 Å². The summed E-state index contributed by atoms with van der Waals surface area (Å²) in [5.41, 5.74) is 0.446. The molecule has 6 nitrogen and oxygen atoms in total. The Kier molecular flexibility index (Phi) is 3.86. The summed E-state index contributed by atoms with van der Waals surface area (Å²) in [6.45, 7) is 2.07. The molecule has 0 atom stereocenters. The van der Waals surface area contributed by atoms with Gasteiger partial charge in [-0.2, -0.15) is 10.2 Å². The topological polar surface area (TPSA) is 72.4 Å².